The van der Waals surface area contributed by atoms with Gasteiger partial charge in [0.05, 0.1) is 16.7 Å². The summed E-state index contributed by atoms with van der Waals surface area (Å²) >= 11 is 5.91. The van der Waals surface area contributed by atoms with Crippen molar-refractivity contribution in [3.8, 4) is 17.2 Å². The number of carbonyl (C=O) groups is 1. The fourth-order valence-electron chi connectivity index (χ4n) is 5.19. The van der Waals surface area contributed by atoms with Gasteiger partial charge in [0.25, 0.3) is 0 Å². The summed E-state index contributed by atoms with van der Waals surface area (Å²) < 4.78 is 13.6. The number of carbonyl (C=O) groups excluding carboxylic acids is 1. The topological polar surface area (TPSA) is 59.4 Å². The number of amides is 2. The molecule has 0 aromatic heterocycles. The van der Waals surface area contributed by atoms with Gasteiger partial charge in [-0.1, -0.05) is 35.9 Å². The smallest absolute Gasteiger partial charge is 0.307 e. The van der Waals surface area contributed by atoms with Crippen molar-refractivity contribution in [2.45, 2.75) is 18.3 Å². The number of hydrogen-bond acceptors (Lipinski definition) is 3. The number of piperidine rings is 1. The third kappa shape index (κ3) is 3.91. The van der Waals surface area contributed by atoms with Crippen molar-refractivity contribution in [1.82, 2.24) is 4.90 Å². The van der Waals surface area contributed by atoms with Crippen LogP contribution in [0, 0.1) is 17.1 Å². The van der Waals surface area contributed by atoms with Crippen LogP contribution in [0.25, 0.3) is 11.1 Å². The van der Waals surface area contributed by atoms with Gasteiger partial charge in [-0.25, -0.2) is 9.18 Å². The lowest BCUT2D eigenvalue weighted by molar-refractivity contribution is 0.196. The first-order chi connectivity index (χ1) is 16.4. The largest absolute Gasteiger partial charge is 0.326 e. The second-order valence-electron chi connectivity index (χ2n) is 9.12. The first-order valence-electron chi connectivity index (χ1n) is 11.3. The number of nitrogens with zero attached hydrogens (tertiary/aromatic N) is 3. The van der Waals surface area contributed by atoms with Crippen molar-refractivity contribution in [3.05, 3.63) is 82.6 Å². The van der Waals surface area contributed by atoms with Crippen LogP contribution in [0.5, 0.6) is 0 Å². The number of rotatable bonds is 2. The molecule has 2 amide bonds. The number of halogens is 2. The highest BCUT2D eigenvalue weighted by Crippen LogP contribution is 2.51. The van der Waals surface area contributed by atoms with Gasteiger partial charge < -0.3 is 10.2 Å². The highest BCUT2D eigenvalue weighted by molar-refractivity contribution is 6.31. The third-order valence-corrected chi connectivity index (χ3v) is 7.28. The van der Waals surface area contributed by atoms with Gasteiger partial charge in [-0.15, -0.1) is 0 Å². The first-order valence-corrected chi connectivity index (χ1v) is 11.6. The maximum absolute atomic E-state index is 13.6. The normalized spacial score (nSPS) is 16.8. The summed E-state index contributed by atoms with van der Waals surface area (Å²) in [4.78, 5) is 17.5. The van der Waals surface area contributed by atoms with Gasteiger partial charge in [0.1, 0.15) is 5.82 Å². The fourth-order valence-corrected chi connectivity index (χ4v) is 5.37. The molecule has 5 nitrogen and oxygen atoms in total. The summed E-state index contributed by atoms with van der Waals surface area (Å²) in [5, 5.41) is 12.3. The van der Waals surface area contributed by atoms with Gasteiger partial charge in [-0.3, -0.25) is 4.90 Å². The molecule has 0 aliphatic carbocycles. The highest BCUT2D eigenvalue weighted by Gasteiger charge is 2.47. The molecule has 2 aliphatic heterocycles. The van der Waals surface area contributed by atoms with E-state index in [2.05, 4.69) is 29.4 Å². The molecule has 7 heteroatoms. The number of benzene rings is 3. The van der Waals surface area contributed by atoms with Crippen LogP contribution in [-0.4, -0.2) is 37.6 Å². The van der Waals surface area contributed by atoms with E-state index in [9.17, 15) is 14.4 Å². The molecule has 1 fully saturated rings. The Morgan fingerprint density at radius 2 is 1.88 bits per heavy atom. The van der Waals surface area contributed by atoms with Crippen LogP contribution in [0.3, 0.4) is 0 Å². The number of fused-ring (bicyclic) bond motifs is 2. The van der Waals surface area contributed by atoms with Crippen molar-refractivity contribution < 1.29 is 9.18 Å². The van der Waals surface area contributed by atoms with E-state index < -0.39 is 5.82 Å². The molecule has 1 saturated heterocycles. The molecular formula is C27H24ClFN4O. The van der Waals surface area contributed by atoms with E-state index in [4.69, 9.17) is 11.6 Å². The Kier molecular flexibility index (Phi) is 5.76. The van der Waals surface area contributed by atoms with E-state index in [1.807, 2.05) is 30.3 Å². The number of anilines is 2. The second-order valence-corrected chi connectivity index (χ2v) is 9.53. The van der Waals surface area contributed by atoms with Crippen LogP contribution in [0.1, 0.15) is 24.0 Å². The minimum absolute atomic E-state index is 0.0360. The Balaban J connectivity index is 1.58. The maximum atomic E-state index is 13.6. The number of urea groups is 1. The van der Waals surface area contributed by atoms with E-state index in [1.54, 1.807) is 11.0 Å². The number of hydrogen-bond donors (Lipinski definition) is 1. The molecule has 3 aromatic carbocycles. The monoisotopic (exact) mass is 474 g/mol. The van der Waals surface area contributed by atoms with Crippen LogP contribution >= 0.6 is 11.6 Å². The highest BCUT2D eigenvalue weighted by atomic mass is 35.5. The summed E-state index contributed by atoms with van der Waals surface area (Å²) in [6.07, 6.45) is 1.86. The minimum Gasteiger partial charge on any atom is -0.307 e. The summed E-state index contributed by atoms with van der Waals surface area (Å²) in [6, 6.07) is 19.7. The minimum atomic E-state index is -0.527. The van der Waals surface area contributed by atoms with Crippen molar-refractivity contribution in [2.24, 2.45) is 0 Å². The summed E-state index contributed by atoms with van der Waals surface area (Å²) in [5.41, 5.74) is 4.92. The molecular weight excluding hydrogens is 451 g/mol. The Bertz CT molecular complexity index is 1310. The van der Waals surface area contributed by atoms with E-state index in [-0.39, 0.29) is 16.5 Å². The molecule has 0 radical (unpaired) electrons. The van der Waals surface area contributed by atoms with E-state index in [0.717, 1.165) is 48.3 Å². The Labute approximate surface area is 203 Å². The van der Waals surface area contributed by atoms with Gasteiger partial charge in [0.2, 0.25) is 0 Å². The first kappa shape index (κ1) is 22.4. The van der Waals surface area contributed by atoms with Crippen molar-refractivity contribution in [1.29, 1.82) is 5.26 Å². The molecule has 1 N–H and O–H groups in total. The average molecular weight is 475 g/mol. The van der Waals surface area contributed by atoms with Crippen LogP contribution in [0.2, 0.25) is 5.02 Å². The van der Waals surface area contributed by atoms with Crippen LogP contribution < -0.4 is 10.2 Å². The third-order valence-electron chi connectivity index (χ3n) is 6.99. The van der Waals surface area contributed by atoms with Crippen molar-refractivity contribution in [2.75, 3.05) is 36.9 Å². The maximum Gasteiger partial charge on any atom is 0.326 e. The van der Waals surface area contributed by atoms with Gasteiger partial charge >= 0.3 is 6.03 Å². The van der Waals surface area contributed by atoms with Crippen molar-refractivity contribution in [3.63, 3.8) is 0 Å². The fraction of sp³-hybridized carbons (Fsp3) is 0.259. The summed E-state index contributed by atoms with van der Waals surface area (Å²) in [5.74, 6) is -0.527. The zero-order chi connectivity index (χ0) is 23.9. The van der Waals surface area contributed by atoms with Gasteiger partial charge in [0, 0.05) is 23.3 Å². The molecule has 3 aromatic rings. The number of likely N-dealkylation sites (tertiary alicyclic amines) is 1. The van der Waals surface area contributed by atoms with Gasteiger partial charge in [0.15, 0.2) is 0 Å². The molecule has 2 heterocycles. The molecule has 5 rings (SSSR count). The van der Waals surface area contributed by atoms with Crippen LogP contribution in [0.15, 0.2) is 60.7 Å². The van der Waals surface area contributed by atoms with Crippen LogP contribution in [0.4, 0.5) is 20.6 Å². The lowest BCUT2D eigenvalue weighted by Gasteiger charge is -2.39. The Morgan fingerprint density at radius 3 is 2.62 bits per heavy atom. The predicted molar refractivity (Wildman–Crippen MR) is 133 cm³/mol. The molecule has 0 atom stereocenters. The lowest BCUT2D eigenvalue weighted by Crippen LogP contribution is -2.45. The number of nitriles is 1. The van der Waals surface area contributed by atoms with E-state index >= 15 is 0 Å². The molecule has 1 spiro atoms. The average Bonchev–Trinajstić information content (AvgIpc) is 3.18. The number of nitrogens with one attached hydrogen (secondary N) is 1. The molecule has 172 valence electrons. The van der Waals surface area contributed by atoms with Crippen molar-refractivity contribution >= 4 is 29.0 Å². The SMILES string of the molecule is CN1CCC2(CC1)CN(C(=O)Nc1ccc(F)c(Cl)c1)c1cccc(-c3cccc(C#N)c3)c12. The molecule has 34 heavy (non-hydrogen) atoms. The zero-order valence-corrected chi connectivity index (χ0v) is 19.6. The Morgan fingerprint density at radius 1 is 1.12 bits per heavy atom. The quantitative estimate of drug-likeness (QED) is 0.493. The molecule has 0 bridgehead atoms. The molecule has 0 unspecified atom stereocenters. The second kappa shape index (κ2) is 8.75. The van der Waals surface area contributed by atoms with Crippen LogP contribution in [-0.2, 0) is 5.41 Å². The lowest BCUT2D eigenvalue weighted by atomic mass is 9.72. The van der Waals surface area contributed by atoms with Gasteiger partial charge in [-0.2, -0.15) is 5.26 Å². The summed E-state index contributed by atoms with van der Waals surface area (Å²) in [7, 11) is 2.12. The van der Waals surface area contributed by atoms with Gasteiger partial charge in [-0.05, 0) is 86.1 Å². The molecule has 2 aliphatic rings. The zero-order valence-electron chi connectivity index (χ0n) is 18.8. The van der Waals surface area contributed by atoms with E-state index in [1.165, 1.54) is 18.2 Å². The summed E-state index contributed by atoms with van der Waals surface area (Å²) in [6.45, 7) is 2.44. The molecule has 0 saturated carbocycles. The standard InChI is InChI=1S/C27H24ClFN4O/c1-32-12-10-27(11-13-32)17-33(26(34)31-20-8-9-23(29)22(28)15-20)24-7-3-6-21(25(24)27)19-5-2-4-18(14-19)16-30/h2-9,14-15H,10-13,17H2,1H3,(H,31,34). The Hall–Kier alpha value is -3.40. The predicted octanol–water partition coefficient (Wildman–Crippen LogP) is 6.03. The van der Waals surface area contributed by atoms with E-state index in [0.29, 0.717) is 17.8 Å².